The molecule has 0 heterocycles. The van der Waals surface area contributed by atoms with Crippen LogP contribution in [0.15, 0.2) is 12.1 Å². The van der Waals surface area contributed by atoms with Crippen LogP contribution in [0.5, 0.6) is 0 Å². The lowest BCUT2D eigenvalue weighted by Crippen LogP contribution is -2.32. The van der Waals surface area contributed by atoms with E-state index in [4.69, 9.17) is 27.9 Å². The summed E-state index contributed by atoms with van der Waals surface area (Å²) in [6.45, 7) is 0.627. The van der Waals surface area contributed by atoms with E-state index in [-0.39, 0.29) is 33.9 Å². The van der Waals surface area contributed by atoms with Crippen LogP contribution in [0.4, 0.5) is 11.4 Å². The van der Waals surface area contributed by atoms with Gasteiger partial charge in [0.25, 0.3) is 5.69 Å². The van der Waals surface area contributed by atoms with Crippen molar-refractivity contribution in [2.24, 2.45) is 0 Å². The van der Waals surface area contributed by atoms with E-state index in [2.05, 4.69) is 10.6 Å². The molecule has 1 rings (SSSR count). The lowest BCUT2D eigenvalue weighted by atomic mass is 10.2. The number of rotatable bonds is 7. The predicted octanol–water partition coefficient (Wildman–Crippen LogP) is 2.08. The summed E-state index contributed by atoms with van der Waals surface area (Å²) in [6.07, 6.45) is 0. The normalized spacial score (nSPS) is 10.2. The number of nitrogens with one attached hydrogen (secondary N) is 2. The Bertz CT molecular complexity index is 511. The van der Waals surface area contributed by atoms with Crippen LogP contribution >= 0.6 is 23.2 Å². The Morgan fingerprint density at radius 1 is 1.40 bits per heavy atom. The van der Waals surface area contributed by atoms with Gasteiger partial charge in [0.1, 0.15) is 5.69 Å². The van der Waals surface area contributed by atoms with E-state index in [1.807, 2.05) is 0 Å². The van der Waals surface area contributed by atoms with Gasteiger partial charge in [-0.25, -0.2) is 0 Å². The number of carbonyl (C=O) groups excluding carboxylic acids is 1. The maximum atomic E-state index is 11.5. The third kappa shape index (κ3) is 4.84. The third-order valence-electron chi connectivity index (χ3n) is 2.30. The number of anilines is 1. The van der Waals surface area contributed by atoms with Crippen molar-refractivity contribution < 1.29 is 14.5 Å². The Balaban J connectivity index is 2.69. The average Bonchev–Trinajstić information content (AvgIpc) is 2.39. The molecule has 0 aliphatic carbocycles. The highest BCUT2D eigenvalue weighted by Crippen LogP contribution is 2.33. The molecule has 0 saturated heterocycles. The molecule has 0 unspecified atom stereocenters. The highest BCUT2D eigenvalue weighted by Gasteiger charge is 2.17. The van der Waals surface area contributed by atoms with Gasteiger partial charge >= 0.3 is 0 Å². The van der Waals surface area contributed by atoms with E-state index in [0.29, 0.717) is 13.2 Å². The first-order chi connectivity index (χ1) is 9.45. The van der Waals surface area contributed by atoms with Gasteiger partial charge in [0, 0.05) is 19.7 Å². The zero-order valence-corrected chi connectivity index (χ0v) is 12.1. The Kier molecular flexibility index (Phi) is 6.50. The minimum atomic E-state index is -0.604. The summed E-state index contributed by atoms with van der Waals surface area (Å²) in [5.41, 5.74) is -0.115. The molecule has 20 heavy (non-hydrogen) atoms. The molecular weight excluding hydrogens is 309 g/mol. The molecule has 0 aliphatic rings. The maximum Gasteiger partial charge on any atom is 0.293 e. The standard InChI is InChI=1S/C11H13Cl2N3O4/c1-20-3-2-14-11(17)6-15-9-4-7(12)8(13)5-10(9)16(18)19/h4-5,15H,2-3,6H2,1H3,(H,14,17). The smallest absolute Gasteiger partial charge is 0.293 e. The molecule has 0 atom stereocenters. The molecule has 2 N–H and O–H groups in total. The van der Waals surface area contributed by atoms with Gasteiger partial charge in [-0.15, -0.1) is 0 Å². The number of nitro benzene ring substituents is 1. The maximum absolute atomic E-state index is 11.5. The van der Waals surface area contributed by atoms with E-state index < -0.39 is 4.92 Å². The first-order valence-corrected chi connectivity index (χ1v) is 6.34. The van der Waals surface area contributed by atoms with Crippen molar-refractivity contribution in [3.05, 3.63) is 32.3 Å². The van der Waals surface area contributed by atoms with Crippen LogP contribution in [-0.4, -0.2) is 37.6 Å². The summed E-state index contributed by atoms with van der Waals surface area (Å²) >= 11 is 11.5. The molecule has 0 fully saturated rings. The van der Waals surface area contributed by atoms with Gasteiger partial charge in [-0.2, -0.15) is 0 Å². The SMILES string of the molecule is COCCNC(=O)CNc1cc(Cl)c(Cl)cc1[N+](=O)[O-]. The van der Waals surface area contributed by atoms with Crippen LogP contribution in [0.1, 0.15) is 0 Å². The summed E-state index contributed by atoms with van der Waals surface area (Å²) in [5.74, 6) is -0.317. The Labute approximate surface area is 125 Å². The molecule has 0 bridgehead atoms. The van der Waals surface area contributed by atoms with E-state index in [0.717, 1.165) is 6.07 Å². The van der Waals surface area contributed by atoms with Crippen molar-refractivity contribution >= 4 is 40.5 Å². The first kappa shape index (κ1) is 16.5. The highest BCUT2D eigenvalue weighted by molar-refractivity contribution is 6.42. The lowest BCUT2D eigenvalue weighted by Gasteiger charge is -2.09. The highest BCUT2D eigenvalue weighted by atomic mass is 35.5. The van der Waals surface area contributed by atoms with Crippen LogP contribution in [0.3, 0.4) is 0 Å². The lowest BCUT2D eigenvalue weighted by molar-refractivity contribution is -0.383. The van der Waals surface area contributed by atoms with Crippen molar-refractivity contribution in [3.8, 4) is 0 Å². The van der Waals surface area contributed by atoms with Crippen LogP contribution in [-0.2, 0) is 9.53 Å². The van der Waals surface area contributed by atoms with Crippen molar-refractivity contribution in [1.29, 1.82) is 0 Å². The fourth-order valence-electron chi connectivity index (χ4n) is 1.36. The van der Waals surface area contributed by atoms with Crippen molar-refractivity contribution in [2.75, 3.05) is 32.1 Å². The minimum absolute atomic E-state index is 0.0773. The van der Waals surface area contributed by atoms with E-state index in [1.165, 1.54) is 13.2 Å². The van der Waals surface area contributed by atoms with E-state index in [1.54, 1.807) is 0 Å². The molecule has 1 aromatic carbocycles. The summed E-state index contributed by atoms with van der Waals surface area (Å²) in [7, 11) is 1.52. The monoisotopic (exact) mass is 321 g/mol. The fourth-order valence-corrected chi connectivity index (χ4v) is 1.68. The molecule has 9 heteroatoms. The predicted molar refractivity (Wildman–Crippen MR) is 76.5 cm³/mol. The number of ether oxygens (including phenoxy) is 1. The number of nitrogens with zero attached hydrogens (tertiary/aromatic N) is 1. The molecule has 1 aromatic rings. The number of amides is 1. The second-order valence-electron chi connectivity index (χ2n) is 3.74. The van der Waals surface area contributed by atoms with Crippen LogP contribution in [0, 0.1) is 10.1 Å². The number of nitro groups is 1. The Hall–Kier alpha value is -1.57. The van der Waals surface area contributed by atoms with Crippen molar-refractivity contribution in [1.82, 2.24) is 5.32 Å². The van der Waals surface area contributed by atoms with Gasteiger partial charge in [-0.05, 0) is 6.07 Å². The number of hydrogen-bond donors (Lipinski definition) is 2. The topological polar surface area (TPSA) is 93.5 Å². The number of methoxy groups -OCH3 is 1. The van der Waals surface area contributed by atoms with Crippen LogP contribution in [0.25, 0.3) is 0 Å². The molecule has 0 aromatic heterocycles. The third-order valence-corrected chi connectivity index (χ3v) is 3.03. The average molecular weight is 322 g/mol. The Morgan fingerprint density at radius 3 is 2.65 bits per heavy atom. The van der Waals surface area contributed by atoms with E-state index >= 15 is 0 Å². The number of benzene rings is 1. The quantitative estimate of drug-likeness (QED) is 0.455. The fraction of sp³-hybridized carbons (Fsp3) is 0.364. The summed E-state index contributed by atoms with van der Waals surface area (Å²) in [6, 6.07) is 2.44. The van der Waals surface area contributed by atoms with Crippen molar-refractivity contribution in [3.63, 3.8) is 0 Å². The molecule has 0 radical (unpaired) electrons. The zero-order valence-electron chi connectivity index (χ0n) is 10.6. The molecule has 0 saturated carbocycles. The summed E-state index contributed by atoms with van der Waals surface area (Å²) in [4.78, 5) is 21.7. The molecule has 7 nitrogen and oxygen atoms in total. The number of hydrogen-bond acceptors (Lipinski definition) is 5. The second kappa shape index (κ2) is 7.88. The largest absolute Gasteiger partial charge is 0.383 e. The molecule has 0 spiro atoms. The number of carbonyl (C=O) groups is 1. The van der Waals surface area contributed by atoms with Crippen molar-refractivity contribution in [2.45, 2.75) is 0 Å². The van der Waals surface area contributed by atoms with Crippen LogP contribution < -0.4 is 10.6 Å². The summed E-state index contributed by atoms with van der Waals surface area (Å²) in [5, 5.41) is 16.4. The molecule has 0 aliphatic heterocycles. The second-order valence-corrected chi connectivity index (χ2v) is 4.55. The minimum Gasteiger partial charge on any atom is -0.383 e. The Morgan fingerprint density at radius 2 is 2.05 bits per heavy atom. The van der Waals surface area contributed by atoms with Gasteiger partial charge in [0.15, 0.2) is 0 Å². The van der Waals surface area contributed by atoms with Crippen LogP contribution in [0.2, 0.25) is 10.0 Å². The molecule has 110 valence electrons. The number of halogens is 2. The summed E-state index contributed by atoms with van der Waals surface area (Å²) < 4.78 is 4.78. The first-order valence-electron chi connectivity index (χ1n) is 5.58. The van der Waals surface area contributed by atoms with E-state index in [9.17, 15) is 14.9 Å². The zero-order chi connectivity index (χ0) is 15.1. The van der Waals surface area contributed by atoms with Gasteiger partial charge in [-0.3, -0.25) is 14.9 Å². The molecule has 1 amide bonds. The van der Waals surface area contributed by atoms with Gasteiger partial charge in [0.2, 0.25) is 5.91 Å². The van der Waals surface area contributed by atoms with Gasteiger partial charge in [0.05, 0.1) is 28.1 Å². The molecular formula is C11H13Cl2N3O4. The van der Waals surface area contributed by atoms with Gasteiger partial charge in [-0.1, -0.05) is 23.2 Å². The van der Waals surface area contributed by atoms with Gasteiger partial charge < -0.3 is 15.4 Å².